The molecule has 7 heteroatoms. The summed E-state index contributed by atoms with van der Waals surface area (Å²) in [5.74, 6) is -3.75. The normalized spacial score (nSPS) is 10.9. The first-order chi connectivity index (χ1) is 7.07. The van der Waals surface area contributed by atoms with Crippen molar-refractivity contribution in [3.63, 3.8) is 0 Å². The van der Waals surface area contributed by atoms with Crippen molar-refractivity contribution in [2.75, 3.05) is 18.1 Å². The van der Waals surface area contributed by atoms with Gasteiger partial charge in [0.25, 0.3) is 0 Å². The van der Waals surface area contributed by atoms with Gasteiger partial charge in [0.05, 0.1) is 5.39 Å². The molecule has 0 aliphatic carbocycles. The average Bonchev–Trinajstić information content (AvgIpc) is 2.58. The highest BCUT2D eigenvalue weighted by Gasteiger charge is 2.22. The van der Waals surface area contributed by atoms with E-state index in [1.807, 2.05) is 0 Å². The summed E-state index contributed by atoms with van der Waals surface area (Å²) in [4.78, 5) is 0. The second-order valence-corrected chi connectivity index (χ2v) is 2.93. The van der Waals surface area contributed by atoms with E-state index in [0.29, 0.717) is 0 Å². The number of rotatable bonds is 1. The van der Waals surface area contributed by atoms with Crippen molar-refractivity contribution in [2.45, 2.75) is 0 Å². The van der Waals surface area contributed by atoms with Crippen LogP contribution in [0, 0.1) is 17.5 Å². The fraction of sp³-hybridized carbons (Fsp3) is 0.125. The van der Waals surface area contributed by atoms with Gasteiger partial charge in [-0.2, -0.15) is 5.10 Å². The third-order valence-corrected chi connectivity index (χ3v) is 2.11. The number of hydrogen-bond donors (Lipinski definition) is 3. The number of nitrogen functional groups attached to an aromatic ring is 1. The van der Waals surface area contributed by atoms with Crippen LogP contribution >= 0.6 is 0 Å². The van der Waals surface area contributed by atoms with Gasteiger partial charge in [0.2, 0.25) is 0 Å². The highest BCUT2D eigenvalue weighted by atomic mass is 19.2. The van der Waals surface area contributed by atoms with Gasteiger partial charge in [-0.3, -0.25) is 5.10 Å². The van der Waals surface area contributed by atoms with Crippen LogP contribution < -0.4 is 11.1 Å². The highest BCUT2D eigenvalue weighted by molar-refractivity contribution is 5.92. The Kier molecular flexibility index (Phi) is 1.95. The van der Waals surface area contributed by atoms with Gasteiger partial charge in [0, 0.05) is 7.05 Å². The second-order valence-electron chi connectivity index (χ2n) is 2.93. The Labute approximate surface area is 82.3 Å². The molecule has 1 aromatic heterocycles. The van der Waals surface area contributed by atoms with Crippen molar-refractivity contribution in [1.82, 2.24) is 10.2 Å². The monoisotopic (exact) mass is 216 g/mol. The third kappa shape index (κ3) is 1.12. The molecule has 4 N–H and O–H groups in total. The summed E-state index contributed by atoms with van der Waals surface area (Å²) in [6.07, 6.45) is 0. The summed E-state index contributed by atoms with van der Waals surface area (Å²) in [6.45, 7) is 0. The lowest BCUT2D eigenvalue weighted by Gasteiger charge is -2.05. The van der Waals surface area contributed by atoms with Crippen molar-refractivity contribution in [1.29, 1.82) is 0 Å². The topological polar surface area (TPSA) is 66.7 Å². The number of anilines is 2. The minimum atomic E-state index is -1.31. The Bertz CT molecular complexity index is 534. The molecule has 1 heterocycles. The second kappa shape index (κ2) is 3.04. The molecule has 0 radical (unpaired) electrons. The van der Waals surface area contributed by atoms with E-state index in [1.54, 1.807) is 0 Å². The van der Waals surface area contributed by atoms with Crippen molar-refractivity contribution in [2.24, 2.45) is 0 Å². The molecule has 0 atom stereocenters. The van der Waals surface area contributed by atoms with E-state index in [0.717, 1.165) is 0 Å². The molecule has 0 aliphatic rings. The summed E-state index contributed by atoms with van der Waals surface area (Å²) >= 11 is 0. The predicted octanol–water partition coefficient (Wildman–Crippen LogP) is 1.60. The van der Waals surface area contributed by atoms with Gasteiger partial charge in [0.1, 0.15) is 11.2 Å². The van der Waals surface area contributed by atoms with Crippen LogP contribution in [0.3, 0.4) is 0 Å². The number of fused-ring (bicyclic) bond motifs is 1. The van der Waals surface area contributed by atoms with Crippen LogP contribution in [0.15, 0.2) is 0 Å². The number of nitrogens with zero attached hydrogens (tertiary/aromatic N) is 1. The Balaban J connectivity index is 2.98. The van der Waals surface area contributed by atoms with Gasteiger partial charge in [-0.05, 0) is 0 Å². The SMILES string of the molecule is CNc1c(F)c(F)c2c(N)n[nH]c2c1F. The molecular formula is C8H7F3N4. The van der Waals surface area contributed by atoms with E-state index in [2.05, 4.69) is 15.5 Å². The van der Waals surface area contributed by atoms with Crippen molar-refractivity contribution < 1.29 is 13.2 Å². The highest BCUT2D eigenvalue weighted by Crippen LogP contribution is 2.32. The number of aromatic amines is 1. The first-order valence-electron chi connectivity index (χ1n) is 4.05. The van der Waals surface area contributed by atoms with Gasteiger partial charge in [-0.1, -0.05) is 0 Å². The third-order valence-electron chi connectivity index (χ3n) is 2.11. The molecule has 0 bridgehead atoms. The standard InChI is InChI=1S/C8H7F3N4/c1-13-7-4(10)3(9)2-6(5(7)11)14-15-8(2)12/h13H,1H3,(H3,12,14,15). The molecule has 4 nitrogen and oxygen atoms in total. The Morgan fingerprint density at radius 1 is 1.20 bits per heavy atom. The maximum Gasteiger partial charge on any atom is 0.185 e. The largest absolute Gasteiger partial charge is 0.383 e. The molecule has 0 unspecified atom stereocenters. The van der Waals surface area contributed by atoms with Crippen molar-refractivity contribution >= 4 is 22.4 Å². The Hall–Kier alpha value is -1.92. The molecular weight excluding hydrogens is 209 g/mol. The first-order valence-corrected chi connectivity index (χ1v) is 4.05. The molecule has 0 saturated heterocycles. The molecule has 2 aromatic rings. The molecule has 2 rings (SSSR count). The molecule has 0 saturated carbocycles. The summed E-state index contributed by atoms with van der Waals surface area (Å²) in [5.41, 5.74) is 4.46. The van der Waals surface area contributed by atoms with Crippen molar-refractivity contribution in [3.05, 3.63) is 17.5 Å². The molecule has 80 valence electrons. The van der Waals surface area contributed by atoms with E-state index >= 15 is 0 Å². The molecule has 0 amide bonds. The smallest absolute Gasteiger partial charge is 0.185 e. The zero-order chi connectivity index (χ0) is 11.2. The van der Waals surface area contributed by atoms with Crippen LogP contribution in [-0.4, -0.2) is 17.2 Å². The van der Waals surface area contributed by atoms with Gasteiger partial charge in [-0.25, -0.2) is 13.2 Å². The molecule has 0 fully saturated rings. The van der Waals surface area contributed by atoms with Gasteiger partial charge >= 0.3 is 0 Å². The minimum absolute atomic E-state index is 0.254. The maximum atomic E-state index is 13.5. The fourth-order valence-corrected chi connectivity index (χ4v) is 1.40. The number of hydrogen-bond acceptors (Lipinski definition) is 3. The van der Waals surface area contributed by atoms with E-state index in [1.165, 1.54) is 7.05 Å². The number of benzene rings is 1. The predicted molar refractivity (Wildman–Crippen MR) is 49.9 cm³/mol. The number of H-pyrrole nitrogens is 1. The molecule has 0 aliphatic heterocycles. The van der Waals surface area contributed by atoms with Crippen LogP contribution in [0.4, 0.5) is 24.7 Å². The zero-order valence-electron chi connectivity index (χ0n) is 7.66. The number of nitrogens with two attached hydrogens (primary N) is 1. The maximum absolute atomic E-state index is 13.5. The van der Waals surface area contributed by atoms with Crippen LogP contribution in [0.25, 0.3) is 10.9 Å². The van der Waals surface area contributed by atoms with Crippen LogP contribution in [0.2, 0.25) is 0 Å². The van der Waals surface area contributed by atoms with Crippen LogP contribution in [0.5, 0.6) is 0 Å². The summed E-state index contributed by atoms with van der Waals surface area (Å²) in [6, 6.07) is 0. The van der Waals surface area contributed by atoms with E-state index < -0.39 is 23.1 Å². The lowest BCUT2D eigenvalue weighted by molar-refractivity contribution is 0.510. The number of aromatic nitrogens is 2. The van der Waals surface area contributed by atoms with Gasteiger partial charge in [-0.15, -0.1) is 0 Å². The average molecular weight is 216 g/mol. The van der Waals surface area contributed by atoms with Gasteiger partial charge in [0.15, 0.2) is 23.3 Å². The minimum Gasteiger partial charge on any atom is -0.383 e. The van der Waals surface area contributed by atoms with E-state index in [-0.39, 0.29) is 16.7 Å². The molecule has 1 aromatic carbocycles. The summed E-state index contributed by atoms with van der Waals surface area (Å²) < 4.78 is 40.2. The lowest BCUT2D eigenvalue weighted by Crippen LogP contribution is -2.01. The Morgan fingerprint density at radius 2 is 1.87 bits per heavy atom. The van der Waals surface area contributed by atoms with Gasteiger partial charge < -0.3 is 11.1 Å². The Morgan fingerprint density at radius 3 is 2.47 bits per heavy atom. The van der Waals surface area contributed by atoms with E-state index in [4.69, 9.17) is 5.73 Å². The fourth-order valence-electron chi connectivity index (χ4n) is 1.40. The first kappa shape index (κ1) is 9.63. The number of halogens is 3. The quantitative estimate of drug-likeness (QED) is 0.634. The number of nitrogens with one attached hydrogen (secondary N) is 2. The molecule has 15 heavy (non-hydrogen) atoms. The van der Waals surface area contributed by atoms with Crippen molar-refractivity contribution in [3.8, 4) is 0 Å². The summed E-state index contributed by atoms with van der Waals surface area (Å²) in [7, 11) is 1.28. The lowest BCUT2D eigenvalue weighted by atomic mass is 10.2. The zero-order valence-corrected chi connectivity index (χ0v) is 7.66. The van der Waals surface area contributed by atoms with Crippen LogP contribution in [-0.2, 0) is 0 Å². The summed E-state index contributed by atoms with van der Waals surface area (Å²) in [5, 5.41) is 7.47. The molecule has 0 spiro atoms. The van der Waals surface area contributed by atoms with E-state index in [9.17, 15) is 13.2 Å². The van der Waals surface area contributed by atoms with Crippen LogP contribution in [0.1, 0.15) is 0 Å².